The summed E-state index contributed by atoms with van der Waals surface area (Å²) in [5, 5.41) is 24.5. The topological polar surface area (TPSA) is 116 Å². The Labute approximate surface area is 173 Å². The lowest BCUT2D eigenvalue weighted by Gasteiger charge is -2.11. The van der Waals surface area contributed by atoms with Gasteiger partial charge in [0.2, 0.25) is 0 Å². The van der Waals surface area contributed by atoms with Crippen LogP contribution in [0, 0.1) is 17.0 Å². The van der Waals surface area contributed by atoms with Crippen LogP contribution in [-0.2, 0) is 16.0 Å². The van der Waals surface area contributed by atoms with Gasteiger partial charge in [0.25, 0.3) is 5.69 Å². The van der Waals surface area contributed by atoms with Crippen LogP contribution in [0.4, 0.5) is 11.4 Å². The summed E-state index contributed by atoms with van der Waals surface area (Å²) >= 11 is 0. The van der Waals surface area contributed by atoms with Crippen LogP contribution >= 0.6 is 0 Å². The molecule has 2 aromatic carbocycles. The quantitative estimate of drug-likeness (QED) is 0.239. The number of aromatic hydroxyl groups is 1. The molecule has 9 nitrogen and oxygen atoms in total. The number of ether oxygens (including phenoxy) is 2. The third-order valence-electron chi connectivity index (χ3n) is 4.77. The van der Waals surface area contributed by atoms with E-state index in [-0.39, 0.29) is 18.0 Å². The first-order chi connectivity index (χ1) is 14.4. The zero-order valence-electron chi connectivity index (χ0n) is 16.8. The highest BCUT2D eigenvalue weighted by Gasteiger charge is 2.21. The van der Waals surface area contributed by atoms with Crippen LogP contribution in [0.15, 0.2) is 42.5 Å². The van der Waals surface area contributed by atoms with Crippen LogP contribution in [0.1, 0.15) is 16.1 Å². The number of methoxy groups -OCH3 is 1. The zero-order chi connectivity index (χ0) is 21.7. The highest BCUT2D eigenvalue weighted by atomic mass is 16.6. The molecule has 1 heterocycles. The lowest BCUT2D eigenvalue weighted by molar-refractivity contribution is -0.384. The summed E-state index contributed by atoms with van der Waals surface area (Å²) in [4.78, 5) is 22.9. The van der Waals surface area contributed by atoms with E-state index >= 15 is 0 Å². The number of nitrogens with one attached hydrogen (secondary N) is 1. The Balaban J connectivity index is 1.80. The van der Waals surface area contributed by atoms with E-state index in [1.54, 1.807) is 30.3 Å². The van der Waals surface area contributed by atoms with Crippen molar-refractivity contribution in [3.05, 3.63) is 63.8 Å². The number of hydrogen-bond acceptors (Lipinski definition) is 7. The molecule has 0 saturated heterocycles. The Morgan fingerprint density at radius 1 is 1.20 bits per heavy atom. The number of carbonyl (C=O) groups excluding carboxylic acids is 1. The van der Waals surface area contributed by atoms with Crippen LogP contribution < -0.4 is 5.32 Å². The second-order valence-corrected chi connectivity index (χ2v) is 6.67. The summed E-state index contributed by atoms with van der Waals surface area (Å²) in [5.74, 6) is -0.406. The number of nitro benzene ring substituents is 1. The summed E-state index contributed by atoms with van der Waals surface area (Å²) in [6.07, 6.45) is 0. The number of esters is 1. The first-order valence-corrected chi connectivity index (χ1v) is 9.38. The van der Waals surface area contributed by atoms with E-state index < -0.39 is 10.9 Å². The second kappa shape index (κ2) is 9.27. The van der Waals surface area contributed by atoms with Gasteiger partial charge in [0, 0.05) is 54.6 Å². The average molecular weight is 413 g/mol. The monoisotopic (exact) mass is 413 g/mol. The Kier molecular flexibility index (Phi) is 6.53. The van der Waals surface area contributed by atoms with Crippen molar-refractivity contribution in [1.82, 2.24) is 4.57 Å². The molecule has 0 spiro atoms. The second-order valence-electron chi connectivity index (χ2n) is 6.67. The summed E-state index contributed by atoms with van der Waals surface area (Å²) in [5.41, 5.74) is 2.72. The van der Waals surface area contributed by atoms with Crippen LogP contribution in [0.2, 0.25) is 0 Å². The lowest BCUT2D eigenvalue weighted by Crippen LogP contribution is -2.14. The summed E-state index contributed by atoms with van der Waals surface area (Å²) in [6.45, 7) is 3.34. The van der Waals surface area contributed by atoms with E-state index in [0.717, 1.165) is 16.9 Å². The molecule has 0 fully saturated rings. The van der Waals surface area contributed by atoms with Crippen molar-refractivity contribution in [3.8, 4) is 5.75 Å². The molecule has 0 bridgehead atoms. The van der Waals surface area contributed by atoms with Crippen LogP contribution in [0.5, 0.6) is 5.75 Å². The average Bonchev–Trinajstić information content (AvgIpc) is 2.99. The van der Waals surface area contributed by atoms with Gasteiger partial charge >= 0.3 is 5.97 Å². The number of rotatable bonds is 9. The maximum absolute atomic E-state index is 12.6. The zero-order valence-corrected chi connectivity index (χ0v) is 16.8. The third-order valence-corrected chi connectivity index (χ3v) is 4.77. The summed E-state index contributed by atoms with van der Waals surface area (Å²) in [6, 6.07) is 11.1. The Morgan fingerprint density at radius 3 is 2.60 bits per heavy atom. The molecule has 0 aliphatic rings. The van der Waals surface area contributed by atoms with Gasteiger partial charge in [-0.1, -0.05) is 0 Å². The van der Waals surface area contributed by atoms with Crippen molar-refractivity contribution in [2.45, 2.75) is 13.5 Å². The number of phenolic OH excluding ortho intramolecular Hbond substituents is 1. The number of hydrogen-bond donors (Lipinski definition) is 2. The fourth-order valence-corrected chi connectivity index (χ4v) is 3.32. The van der Waals surface area contributed by atoms with E-state index in [9.17, 15) is 20.0 Å². The van der Waals surface area contributed by atoms with Gasteiger partial charge in [0.05, 0.1) is 17.1 Å². The van der Waals surface area contributed by atoms with Crippen LogP contribution in [-0.4, -0.2) is 47.4 Å². The van der Waals surface area contributed by atoms with Gasteiger partial charge in [-0.25, -0.2) is 4.79 Å². The number of aromatic nitrogens is 1. The van der Waals surface area contributed by atoms with Crippen molar-refractivity contribution in [2.75, 3.05) is 32.2 Å². The first kappa shape index (κ1) is 21.1. The lowest BCUT2D eigenvalue weighted by atomic mass is 10.1. The molecule has 0 radical (unpaired) electrons. The Morgan fingerprint density at radius 2 is 1.93 bits per heavy atom. The summed E-state index contributed by atoms with van der Waals surface area (Å²) in [7, 11) is 1.53. The predicted molar refractivity (Wildman–Crippen MR) is 112 cm³/mol. The molecule has 3 aromatic rings. The molecule has 9 heteroatoms. The fraction of sp³-hybridized carbons (Fsp3) is 0.286. The Hall–Kier alpha value is -3.59. The number of non-ortho nitro benzene ring substituents is 1. The number of carbonyl (C=O) groups is 1. The molecule has 0 aliphatic heterocycles. The number of phenols is 1. The van der Waals surface area contributed by atoms with E-state index in [1.165, 1.54) is 19.2 Å². The number of nitro groups is 1. The highest BCUT2D eigenvalue weighted by Crippen LogP contribution is 2.29. The highest BCUT2D eigenvalue weighted by molar-refractivity contribution is 6.06. The molecule has 3 rings (SSSR count). The normalized spacial score (nSPS) is 10.9. The third kappa shape index (κ3) is 4.52. The predicted octanol–water partition coefficient (Wildman–Crippen LogP) is 3.48. The van der Waals surface area contributed by atoms with Crippen molar-refractivity contribution in [2.24, 2.45) is 0 Å². The molecule has 0 saturated carbocycles. The minimum Gasteiger partial charge on any atom is -0.508 e. The number of benzene rings is 2. The van der Waals surface area contributed by atoms with E-state index in [1.807, 2.05) is 11.5 Å². The standard InChI is InChI=1S/C21H23N3O6/c1-14-20(21(26)30-12-11-29-2)18-13-17(25)7-8-19(18)23(14)10-9-22-15-3-5-16(6-4-15)24(27)28/h3-8,13,22,25H,9-12H2,1-2H3. The van der Waals surface area contributed by atoms with Crippen molar-refractivity contribution >= 4 is 28.2 Å². The fourth-order valence-electron chi connectivity index (χ4n) is 3.32. The van der Waals surface area contributed by atoms with Gasteiger partial charge < -0.3 is 24.5 Å². The number of nitrogens with zero attached hydrogens (tertiary/aromatic N) is 2. The van der Waals surface area contributed by atoms with Gasteiger partial charge in [-0.05, 0) is 37.3 Å². The van der Waals surface area contributed by atoms with Gasteiger partial charge in [0.1, 0.15) is 12.4 Å². The maximum Gasteiger partial charge on any atom is 0.340 e. The molecular formula is C21H23N3O6. The molecule has 30 heavy (non-hydrogen) atoms. The van der Waals surface area contributed by atoms with Crippen molar-refractivity contribution in [1.29, 1.82) is 0 Å². The summed E-state index contributed by atoms with van der Waals surface area (Å²) < 4.78 is 12.2. The first-order valence-electron chi connectivity index (χ1n) is 9.38. The molecule has 0 atom stereocenters. The van der Waals surface area contributed by atoms with Crippen molar-refractivity contribution < 1.29 is 24.3 Å². The molecular weight excluding hydrogens is 390 g/mol. The maximum atomic E-state index is 12.6. The Bertz CT molecular complexity index is 1060. The van der Waals surface area contributed by atoms with Gasteiger partial charge in [0.15, 0.2) is 0 Å². The van der Waals surface area contributed by atoms with Gasteiger partial charge in [-0.15, -0.1) is 0 Å². The van der Waals surface area contributed by atoms with Gasteiger partial charge in [-0.3, -0.25) is 10.1 Å². The molecule has 1 aromatic heterocycles. The minimum absolute atomic E-state index is 0.0317. The molecule has 0 unspecified atom stereocenters. The molecule has 0 amide bonds. The van der Waals surface area contributed by atoms with Crippen LogP contribution in [0.3, 0.4) is 0 Å². The van der Waals surface area contributed by atoms with E-state index in [4.69, 9.17) is 9.47 Å². The van der Waals surface area contributed by atoms with Gasteiger partial charge in [-0.2, -0.15) is 0 Å². The number of anilines is 1. The van der Waals surface area contributed by atoms with E-state index in [2.05, 4.69) is 5.32 Å². The molecule has 158 valence electrons. The van der Waals surface area contributed by atoms with E-state index in [0.29, 0.717) is 30.6 Å². The SMILES string of the molecule is COCCOC(=O)c1c(C)n(CCNc2ccc([N+](=O)[O-])cc2)c2ccc(O)cc12. The number of fused-ring (bicyclic) bond motifs is 1. The molecule has 2 N–H and O–H groups in total. The van der Waals surface area contributed by atoms with Crippen molar-refractivity contribution in [3.63, 3.8) is 0 Å². The largest absolute Gasteiger partial charge is 0.508 e. The molecule has 0 aliphatic carbocycles. The minimum atomic E-state index is -0.470. The smallest absolute Gasteiger partial charge is 0.340 e. The van der Waals surface area contributed by atoms with Crippen LogP contribution in [0.25, 0.3) is 10.9 Å².